The van der Waals surface area contributed by atoms with Crippen LogP contribution in [0.3, 0.4) is 0 Å². The molecule has 0 aliphatic heterocycles. The van der Waals surface area contributed by atoms with E-state index in [0.717, 1.165) is 11.0 Å². The first-order chi connectivity index (χ1) is 10.0. The highest BCUT2D eigenvalue weighted by molar-refractivity contribution is 6.18. The molecule has 0 saturated heterocycles. The second-order valence-electron chi connectivity index (χ2n) is 4.47. The van der Waals surface area contributed by atoms with Crippen molar-refractivity contribution >= 4 is 28.3 Å². The van der Waals surface area contributed by atoms with Gasteiger partial charge in [-0.05, 0) is 17.5 Å². The van der Waals surface area contributed by atoms with Crippen molar-refractivity contribution in [2.75, 3.05) is 19.0 Å². The summed E-state index contributed by atoms with van der Waals surface area (Å²) in [6.45, 7) is -0.687. The number of carbonyl (C=O) groups is 1. The molecule has 0 aromatic heterocycles. The minimum Gasteiger partial charge on any atom is -0.332 e. The van der Waals surface area contributed by atoms with Gasteiger partial charge in [-0.2, -0.15) is 0 Å². The fraction of sp³-hybridized carbons (Fsp3) is 0.267. The van der Waals surface area contributed by atoms with Gasteiger partial charge in [0.25, 0.3) is 12.3 Å². The summed E-state index contributed by atoms with van der Waals surface area (Å²) in [6.07, 6.45) is -2.65. The summed E-state index contributed by atoms with van der Waals surface area (Å²) in [7, 11) is 0. The summed E-state index contributed by atoms with van der Waals surface area (Å²) in [5, 5.41) is 0.683. The number of alkyl halides is 3. The molecule has 2 aromatic carbocycles. The molecule has 1 amide bonds. The number of carbonyl (C=O) groups excluding carboxylic acids is 1. The quantitative estimate of drug-likeness (QED) is 0.766. The van der Waals surface area contributed by atoms with E-state index < -0.39 is 24.7 Å². The van der Waals surface area contributed by atoms with Crippen LogP contribution >= 0.6 is 11.6 Å². The largest absolute Gasteiger partial charge is 0.332 e. The highest BCUT2D eigenvalue weighted by Crippen LogP contribution is 2.23. The van der Waals surface area contributed by atoms with Crippen LogP contribution in [0.25, 0.3) is 10.8 Å². The molecule has 2 aromatic rings. The smallest absolute Gasteiger partial charge is 0.255 e. The van der Waals surface area contributed by atoms with Gasteiger partial charge in [0.2, 0.25) is 0 Å². The summed E-state index contributed by atoms with van der Waals surface area (Å²) in [4.78, 5) is 13.4. The summed E-state index contributed by atoms with van der Waals surface area (Å²) in [5.41, 5.74) is 0.192. The maximum absolute atomic E-state index is 13.7. The van der Waals surface area contributed by atoms with Crippen molar-refractivity contribution in [3.8, 4) is 0 Å². The molecule has 21 heavy (non-hydrogen) atoms. The average Bonchev–Trinajstić information content (AvgIpc) is 2.46. The third-order valence-electron chi connectivity index (χ3n) is 3.10. The lowest BCUT2D eigenvalue weighted by molar-refractivity contribution is 0.0573. The van der Waals surface area contributed by atoms with Crippen molar-refractivity contribution < 1.29 is 18.0 Å². The molecule has 0 atom stereocenters. The Morgan fingerprint density at radius 3 is 2.43 bits per heavy atom. The number of amides is 1. The maximum Gasteiger partial charge on any atom is 0.255 e. The van der Waals surface area contributed by atoms with Crippen LogP contribution in [-0.4, -0.2) is 36.2 Å². The van der Waals surface area contributed by atoms with Gasteiger partial charge < -0.3 is 4.90 Å². The lowest BCUT2D eigenvalue weighted by Crippen LogP contribution is -2.36. The molecule has 0 N–H and O–H groups in total. The molecule has 0 fully saturated rings. The van der Waals surface area contributed by atoms with Crippen molar-refractivity contribution in [3.63, 3.8) is 0 Å². The predicted molar refractivity (Wildman–Crippen MR) is 76.5 cm³/mol. The Hall–Kier alpha value is -1.75. The highest BCUT2D eigenvalue weighted by Gasteiger charge is 2.21. The van der Waals surface area contributed by atoms with E-state index in [4.69, 9.17) is 11.6 Å². The standard InChI is InChI=1S/C15H13ClF3NO/c16-7-8-20(9-14(18)19)15(21)12-5-6-13(17)11-4-2-1-3-10(11)12/h1-6,14H,7-9H2. The SMILES string of the molecule is O=C(c1ccc(F)c2ccccc12)N(CCCl)CC(F)F. The molecule has 112 valence electrons. The zero-order chi connectivity index (χ0) is 15.4. The molecule has 0 aliphatic carbocycles. The van der Waals surface area contributed by atoms with Gasteiger partial charge in [-0.3, -0.25) is 4.79 Å². The lowest BCUT2D eigenvalue weighted by Gasteiger charge is -2.22. The van der Waals surface area contributed by atoms with Gasteiger partial charge in [0.1, 0.15) is 5.82 Å². The summed E-state index contributed by atoms with van der Waals surface area (Å²) < 4.78 is 38.9. The topological polar surface area (TPSA) is 20.3 Å². The van der Waals surface area contributed by atoms with E-state index in [1.165, 1.54) is 6.07 Å². The van der Waals surface area contributed by atoms with Crippen LogP contribution in [0.4, 0.5) is 13.2 Å². The number of halogens is 4. The molecule has 2 nitrogen and oxygen atoms in total. The molecule has 0 spiro atoms. The fourth-order valence-electron chi connectivity index (χ4n) is 2.16. The molecule has 0 bridgehead atoms. The Labute approximate surface area is 125 Å². The second-order valence-corrected chi connectivity index (χ2v) is 4.85. The number of benzene rings is 2. The van der Waals surface area contributed by atoms with Crippen molar-refractivity contribution in [3.05, 3.63) is 47.8 Å². The van der Waals surface area contributed by atoms with Gasteiger partial charge in [0.05, 0.1) is 6.54 Å². The van der Waals surface area contributed by atoms with Gasteiger partial charge >= 0.3 is 0 Å². The van der Waals surface area contributed by atoms with E-state index in [9.17, 15) is 18.0 Å². The monoisotopic (exact) mass is 315 g/mol. The normalized spacial score (nSPS) is 11.1. The summed E-state index contributed by atoms with van der Waals surface area (Å²) >= 11 is 5.56. The van der Waals surface area contributed by atoms with Gasteiger partial charge in [0.15, 0.2) is 0 Å². The first kappa shape index (κ1) is 15.6. The Kier molecular flexibility index (Phi) is 5.07. The molecule has 0 aliphatic rings. The van der Waals surface area contributed by atoms with Crippen LogP contribution < -0.4 is 0 Å². The number of rotatable bonds is 5. The third-order valence-corrected chi connectivity index (χ3v) is 3.27. The van der Waals surface area contributed by atoms with Gasteiger partial charge in [-0.15, -0.1) is 11.6 Å². The van der Waals surface area contributed by atoms with Crippen molar-refractivity contribution in [2.45, 2.75) is 6.43 Å². The van der Waals surface area contributed by atoms with Crippen molar-refractivity contribution in [1.82, 2.24) is 4.90 Å². The van der Waals surface area contributed by atoms with Crippen molar-refractivity contribution in [1.29, 1.82) is 0 Å². The number of nitrogens with zero attached hydrogens (tertiary/aromatic N) is 1. The first-order valence-corrected chi connectivity index (χ1v) is 6.88. The minimum absolute atomic E-state index is 0.0103. The number of fused-ring (bicyclic) bond motifs is 1. The van der Waals surface area contributed by atoms with E-state index in [-0.39, 0.29) is 23.4 Å². The van der Waals surface area contributed by atoms with Crippen LogP contribution in [0, 0.1) is 5.82 Å². The molecular weight excluding hydrogens is 303 g/mol. The molecule has 0 unspecified atom stereocenters. The first-order valence-electron chi connectivity index (χ1n) is 6.35. The van der Waals surface area contributed by atoms with Gasteiger partial charge in [-0.1, -0.05) is 24.3 Å². The fourth-order valence-corrected chi connectivity index (χ4v) is 2.37. The molecule has 6 heteroatoms. The summed E-state index contributed by atoms with van der Waals surface area (Å²) in [5.74, 6) is -0.982. The van der Waals surface area contributed by atoms with Crippen LogP contribution in [-0.2, 0) is 0 Å². The van der Waals surface area contributed by atoms with Crippen LogP contribution in [0.2, 0.25) is 0 Å². The Morgan fingerprint density at radius 2 is 1.81 bits per heavy atom. The second kappa shape index (κ2) is 6.80. The molecule has 0 heterocycles. The molecule has 0 radical (unpaired) electrons. The van der Waals surface area contributed by atoms with E-state index in [0.29, 0.717) is 5.39 Å². The Morgan fingerprint density at radius 1 is 1.14 bits per heavy atom. The van der Waals surface area contributed by atoms with Gasteiger partial charge in [0, 0.05) is 23.4 Å². The highest BCUT2D eigenvalue weighted by atomic mass is 35.5. The lowest BCUT2D eigenvalue weighted by atomic mass is 10.0. The van der Waals surface area contributed by atoms with Crippen LogP contribution in [0.5, 0.6) is 0 Å². The Bertz CT molecular complexity index is 648. The predicted octanol–water partition coefficient (Wildman–Crippen LogP) is 3.93. The maximum atomic E-state index is 13.7. The molecule has 2 rings (SSSR count). The number of hydrogen-bond donors (Lipinski definition) is 0. The van der Waals surface area contributed by atoms with E-state index >= 15 is 0 Å². The molecule has 0 saturated carbocycles. The zero-order valence-corrected chi connectivity index (χ0v) is 11.8. The van der Waals surface area contributed by atoms with Crippen LogP contribution in [0.15, 0.2) is 36.4 Å². The average molecular weight is 316 g/mol. The number of hydrogen-bond acceptors (Lipinski definition) is 1. The van der Waals surface area contributed by atoms with E-state index in [1.807, 2.05) is 0 Å². The van der Waals surface area contributed by atoms with E-state index in [2.05, 4.69) is 0 Å². The Balaban J connectivity index is 2.44. The third kappa shape index (κ3) is 3.47. The van der Waals surface area contributed by atoms with E-state index in [1.54, 1.807) is 24.3 Å². The summed E-state index contributed by atoms with van der Waals surface area (Å²) in [6, 6.07) is 8.92. The van der Waals surface area contributed by atoms with Crippen LogP contribution in [0.1, 0.15) is 10.4 Å². The minimum atomic E-state index is -2.65. The zero-order valence-electron chi connectivity index (χ0n) is 11.0. The van der Waals surface area contributed by atoms with Crippen molar-refractivity contribution in [2.24, 2.45) is 0 Å². The van der Waals surface area contributed by atoms with Gasteiger partial charge in [-0.25, -0.2) is 13.2 Å². The molecular formula is C15H13ClF3NO.